The number of hydrogen-bond acceptors (Lipinski definition) is 4. The van der Waals surface area contributed by atoms with Crippen LogP contribution < -0.4 is 10.1 Å². The van der Waals surface area contributed by atoms with Crippen LogP contribution in [0.2, 0.25) is 10.0 Å². The Morgan fingerprint density at radius 1 is 1.14 bits per heavy atom. The third-order valence-electron chi connectivity index (χ3n) is 4.38. The lowest BCUT2D eigenvalue weighted by molar-refractivity contribution is -0.138. The number of hydrogen-bond donors (Lipinski definition) is 1. The van der Waals surface area contributed by atoms with E-state index < -0.39 is 6.04 Å². The Morgan fingerprint density at radius 2 is 1.90 bits per heavy atom. The molecule has 0 aliphatic rings. The van der Waals surface area contributed by atoms with Crippen molar-refractivity contribution < 1.29 is 14.3 Å². The molecule has 29 heavy (non-hydrogen) atoms. The number of ether oxygens (including phenoxy) is 1. The summed E-state index contributed by atoms with van der Waals surface area (Å²) in [6.45, 7) is 2.04. The first-order valence-electron chi connectivity index (χ1n) is 9.01. The van der Waals surface area contributed by atoms with Crippen LogP contribution in [0.25, 0.3) is 0 Å². The van der Waals surface area contributed by atoms with Gasteiger partial charge in [-0.15, -0.1) is 11.8 Å². The summed E-state index contributed by atoms with van der Waals surface area (Å²) < 4.78 is 5.25. The van der Waals surface area contributed by atoms with Crippen molar-refractivity contribution >= 4 is 46.8 Å². The minimum absolute atomic E-state index is 0.117. The Hall–Kier alpha value is -1.89. The summed E-state index contributed by atoms with van der Waals surface area (Å²) in [4.78, 5) is 26.7. The Bertz CT molecular complexity index is 864. The summed E-state index contributed by atoms with van der Waals surface area (Å²) in [5.74, 6) is 1.23. The highest BCUT2D eigenvalue weighted by atomic mass is 35.5. The molecule has 0 bridgehead atoms. The normalized spacial score (nSPS) is 11.6. The van der Waals surface area contributed by atoms with Crippen molar-refractivity contribution in [2.45, 2.75) is 25.3 Å². The summed E-state index contributed by atoms with van der Waals surface area (Å²) >= 11 is 13.4. The van der Waals surface area contributed by atoms with Gasteiger partial charge in [0.1, 0.15) is 11.8 Å². The van der Waals surface area contributed by atoms with Crippen molar-refractivity contribution in [2.24, 2.45) is 0 Å². The second-order valence-electron chi connectivity index (χ2n) is 6.40. The Balaban J connectivity index is 2.06. The molecule has 5 nitrogen and oxygen atoms in total. The number of carbonyl (C=O) groups is 2. The van der Waals surface area contributed by atoms with Crippen LogP contribution in [0.1, 0.15) is 18.1 Å². The topological polar surface area (TPSA) is 58.6 Å². The van der Waals surface area contributed by atoms with Crippen molar-refractivity contribution in [3.8, 4) is 5.75 Å². The molecule has 1 atom stereocenters. The number of carbonyl (C=O) groups excluding carboxylic acids is 2. The van der Waals surface area contributed by atoms with Gasteiger partial charge in [-0.2, -0.15) is 0 Å². The van der Waals surface area contributed by atoms with Crippen LogP contribution in [-0.4, -0.2) is 42.7 Å². The monoisotopic (exact) mass is 454 g/mol. The molecule has 8 heteroatoms. The number of amides is 2. The van der Waals surface area contributed by atoms with Gasteiger partial charge in [0.15, 0.2) is 0 Å². The van der Waals surface area contributed by atoms with Crippen LogP contribution in [0.3, 0.4) is 0 Å². The zero-order valence-corrected chi connectivity index (χ0v) is 18.9. The van der Waals surface area contributed by atoms with Gasteiger partial charge in [0, 0.05) is 19.3 Å². The fourth-order valence-electron chi connectivity index (χ4n) is 2.73. The molecule has 0 fully saturated rings. The molecule has 0 aliphatic carbocycles. The SMILES string of the molecule is CNC(=O)[C@@H](C)N(Cc1cccc(OC)c1)C(=O)CSCc1ccc(Cl)c(Cl)c1. The van der Waals surface area contributed by atoms with E-state index in [1.165, 1.54) is 11.8 Å². The highest BCUT2D eigenvalue weighted by molar-refractivity contribution is 7.99. The zero-order chi connectivity index (χ0) is 21.4. The molecule has 0 spiro atoms. The maximum atomic E-state index is 12.9. The molecule has 0 heterocycles. The summed E-state index contributed by atoms with van der Waals surface area (Å²) in [5, 5.41) is 3.60. The van der Waals surface area contributed by atoms with Gasteiger partial charge in [-0.05, 0) is 42.3 Å². The molecule has 2 amide bonds. The van der Waals surface area contributed by atoms with Gasteiger partial charge in [0.25, 0.3) is 0 Å². The highest BCUT2D eigenvalue weighted by Crippen LogP contribution is 2.25. The zero-order valence-electron chi connectivity index (χ0n) is 16.6. The first kappa shape index (κ1) is 23.4. The Morgan fingerprint density at radius 3 is 2.55 bits per heavy atom. The Labute approximate surface area is 185 Å². The Kier molecular flexibility index (Phi) is 9.14. The number of thioether (sulfide) groups is 1. The molecule has 2 aromatic carbocycles. The molecule has 0 unspecified atom stereocenters. The van der Waals surface area contributed by atoms with Gasteiger partial charge in [-0.3, -0.25) is 9.59 Å². The molecule has 2 rings (SSSR count). The molecular weight excluding hydrogens is 431 g/mol. The summed E-state index contributed by atoms with van der Waals surface area (Å²) in [7, 11) is 3.15. The second-order valence-corrected chi connectivity index (χ2v) is 8.20. The van der Waals surface area contributed by atoms with Crippen molar-refractivity contribution in [2.75, 3.05) is 19.9 Å². The summed E-state index contributed by atoms with van der Waals surface area (Å²) in [5.41, 5.74) is 1.87. The molecule has 156 valence electrons. The molecule has 0 saturated heterocycles. The number of methoxy groups -OCH3 is 1. The highest BCUT2D eigenvalue weighted by Gasteiger charge is 2.25. The maximum absolute atomic E-state index is 12.9. The lowest BCUT2D eigenvalue weighted by atomic mass is 10.1. The van der Waals surface area contributed by atoms with E-state index in [0.29, 0.717) is 28.1 Å². The maximum Gasteiger partial charge on any atom is 0.242 e. The van der Waals surface area contributed by atoms with Crippen molar-refractivity contribution in [1.82, 2.24) is 10.2 Å². The van der Waals surface area contributed by atoms with E-state index in [4.69, 9.17) is 27.9 Å². The smallest absolute Gasteiger partial charge is 0.242 e. The van der Waals surface area contributed by atoms with E-state index in [9.17, 15) is 9.59 Å². The predicted molar refractivity (Wildman–Crippen MR) is 120 cm³/mol. The van der Waals surface area contributed by atoms with E-state index in [1.54, 1.807) is 38.1 Å². The first-order chi connectivity index (χ1) is 13.8. The van der Waals surface area contributed by atoms with Gasteiger partial charge in [-0.25, -0.2) is 0 Å². The average molecular weight is 455 g/mol. The third kappa shape index (κ3) is 6.84. The van der Waals surface area contributed by atoms with Gasteiger partial charge in [0.05, 0.1) is 22.9 Å². The third-order valence-corrected chi connectivity index (χ3v) is 6.11. The van der Waals surface area contributed by atoms with E-state index in [1.807, 2.05) is 30.3 Å². The number of nitrogens with zero attached hydrogens (tertiary/aromatic N) is 1. The average Bonchev–Trinajstić information content (AvgIpc) is 2.73. The fourth-order valence-corrected chi connectivity index (χ4v) is 3.91. The standard InChI is InChI=1S/C21H24Cl2N2O3S/c1-14(21(27)24-2)25(11-15-5-4-6-17(9-15)28-3)20(26)13-29-12-16-7-8-18(22)19(23)10-16/h4-10,14H,11-13H2,1-3H3,(H,24,27)/t14-/m1/s1. The molecule has 0 aromatic heterocycles. The summed E-state index contributed by atoms with van der Waals surface area (Å²) in [6.07, 6.45) is 0. The minimum atomic E-state index is -0.593. The van der Waals surface area contributed by atoms with Crippen LogP contribution in [0.4, 0.5) is 0 Å². The van der Waals surface area contributed by atoms with E-state index in [0.717, 1.165) is 11.1 Å². The largest absolute Gasteiger partial charge is 0.497 e. The van der Waals surface area contributed by atoms with Gasteiger partial charge < -0.3 is 15.0 Å². The molecule has 0 radical (unpaired) electrons. The van der Waals surface area contributed by atoms with E-state index in [2.05, 4.69) is 5.32 Å². The first-order valence-corrected chi connectivity index (χ1v) is 10.9. The number of nitrogens with one attached hydrogen (secondary N) is 1. The van der Waals surface area contributed by atoms with Crippen molar-refractivity contribution in [3.05, 3.63) is 63.6 Å². The van der Waals surface area contributed by atoms with Gasteiger partial charge in [0.2, 0.25) is 11.8 Å². The number of likely N-dealkylation sites (N-methyl/N-ethyl adjacent to an activating group) is 1. The molecule has 2 aromatic rings. The molecular formula is C21H24Cl2N2O3S. The van der Waals surface area contributed by atoms with E-state index >= 15 is 0 Å². The lowest BCUT2D eigenvalue weighted by Crippen LogP contribution is -2.47. The second kappa shape index (κ2) is 11.3. The van der Waals surface area contributed by atoms with Crippen LogP contribution in [0.5, 0.6) is 5.75 Å². The van der Waals surface area contributed by atoms with Crippen LogP contribution in [-0.2, 0) is 21.9 Å². The fraction of sp³-hybridized carbons (Fsp3) is 0.333. The summed E-state index contributed by atoms with van der Waals surface area (Å²) in [6, 6.07) is 12.3. The van der Waals surface area contributed by atoms with E-state index in [-0.39, 0.29) is 17.6 Å². The number of halogens is 2. The predicted octanol–water partition coefficient (Wildman–Crippen LogP) is 4.40. The van der Waals surface area contributed by atoms with Gasteiger partial charge >= 0.3 is 0 Å². The number of benzene rings is 2. The molecule has 1 N–H and O–H groups in total. The van der Waals surface area contributed by atoms with Crippen LogP contribution >= 0.6 is 35.0 Å². The van der Waals surface area contributed by atoms with Crippen LogP contribution in [0, 0.1) is 0 Å². The lowest BCUT2D eigenvalue weighted by Gasteiger charge is -2.28. The van der Waals surface area contributed by atoms with Crippen molar-refractivity contribution in [1.29, 1.82) is 0 Å². The van der Waals surface area contributed by atoms with Crippen molar-refractivity contribution in [3.63, 3.8) is 0 Å². The minimum Gasteiger partial charge on any atom is -0.497 e. The quantitative estimate of drug-likeness (QED) is 0.609. The number of rotatable bonds is 9. The van der Waals surface area contributed by atoms with Crippen LogP contribution in [0.15, 0.2) is 42.5 Å². The molecule has 0 saturated carbocycles. The van der Waals surface area contributed by atoms with Gasteiger partial charge in [-0.1, -0.05) is 41.4 Å². The molecule has 0 aliphatic heterocycles.